The molecule has 2 atom stereocenters. The Hall–Kier alpha value is -3.48. The van der Waals surface area contributed by atoms with Crippen molar-refractivity contribution in [2.45, 2.75) is 38.3 Å². The molecule has 1 amide bonds. The van der Waals surface area contributed by atoms with Crippen molar-refractivity contribution in [3.8, 4) is 5.75 Å². The Morgan fingerprint density at radius 2 is 1.71 bits per heavy atom. The summed E-state index contributed by atoms with van der Waals surface area (Å²) in [4.78, 5) is 23.3. The topological polar surface area (TPSA) is 98.7 Å². The van der Waals surface area contributed by atoms with Crippen LogP contribution in [0.25, 0.3) is 0 Å². The number of aromatic hydroxyl groups is 1. The van der Waals surface area contributed by atoms with E-state index in [1.54, 1.807) is 6.07 Å². The normalized spacial score (nSPS) is 12.6. The first-order chi connectivity index (χ1) is 16.4. The molecule has 0 spiro atoms. The van der Waals surface area contributed by atoms with Crippen LogP contribution in [0.5, 0.6) is 5.75 Å². The maximum Gasteiger partial charge on any atom is 0.224 e. The lowest BCUT2D eigenvalue weighted by atomic mass is 10.0. The van der Waals surface area contributed by atoms with Crippen molar-refractivity contribution in [1.29, 1.82) is 0 Å². The van der Waals surface area contributed by atoms with Gasteiger partial charge in [0.2, 0.25) is 5.91 Å². The van der Waals surface area contributed by atoms with Crippen molar-refractivity contribution in [3.05, 3.63) is 101 Å². The van der Waals surface area contributed by atoms with Crippen LogP contribution in [0.3, 0.4) is 0 Å². The zero-order valence-corrected chi connectivity index (χ0v) is 19.4. The molecule has 4 N–H and O–H groups in total. The Kier molecular flexibility index (Phi) is 9.38. The summed E-state index contributed by atoms with van der Waals surface area (Å²) >= 11 is 0. The minimum Gasteiger partial charge on any atom is -0.507 e. The first kappa shape index (κ1) is 25.1. The summed E-state index contributed by atoms with van der Waals surface area (Å²) < 4.78 is 0. The maximum absolute atomic E-state index is 12.3. The smallest absolute Gasteiger partial charge is 0.224 e. The van der Waals surface area contributed by atoms with Crippen LogP contribution in [0, 0.1) is 0 Å². The Labute approximate surface area is 200 Å². The molecule has 3 aromatic rings. The number of aldehydes is 1. The van der Waals surface area contributed by atoms with E-state index in [1.807, 2.05) is 49.4 Å². The van der Waals surface area contributed by atoms with Gasteiger partial charge in [0, 0.05) is 19.1 Å². The van der Waals surface area contributed by atoms with Gasteiger partial charge in [0.25, 0.3) is 0 Å². The SMILES string of the molecule is C[C@H](Cc1cccc(CC(=O)NCCc2ccccc2)c1)NC[C@H](O)c1ccc(O)c(C=O)c1. The Balaban J connectivity index is 1.44. The van der Waals surface area contributed by atoms with E-state index in [2.05, 4.69) is 22.8 Å². The largest absolute Gasteiger partial charge is 0.507 e. The van der Waals surface area contributed by atoms with Gasteiger partial charge in [-0.15, -0.1) is 0 Å². The molecular formula is C28H32N2O4. The molecule has 0 radical (unpaired) electrons. The molecule has 0 aliphatic heterocycles. The lowest BCUT2D eigenvalue weighted by molar-refractivity contribution is -0.120. The van der Waals surface area contributed by atoms with Crippen molar-refractivity contribution in [2.75, 3.05) is 13.1 Å². The van der Waals surface area contributed by atoms with Gasteiger partial charge in [0.05, 0.1) is 18.1 Å². The summed E-state index contributed by atoms with van der Waals surface area (Å²) in [5.41, 5.74) is 4.00. The lowest BCUT2D eigenvalue weighted by Gasteiger charge is -2.18. The van der Waals surface area contributed by atoms with Crippen LogP contribution >= 0.6 is 0 Å². The molecule has 0 saturated heterocycles. The molecule has 0 saturated carbocycles. The van der Waals surface area contributed by atoms with Crippen LogP contribution in [-0.2, 0) is 24.1 Å². The van der Waals surface area contributed by atoms with Gasteiger partial charge in [-0.1, -0.05) is 60.7 Å². The highest BCUT2D eigenvalue weighted by atomic mass is 16.3. The third-order valence-electron chi connectivity index (χ3n) is 5.70. The van der Waals surface area contributed by atoms with Gasteiger partial charge in [0.15, 0.2) is 6.29 Å². The van der Waals surface area contributed by atoms with Gasteiger partial charge in [-0.2, -0.15) is 0 Å². The molecule has 0 aliphatic carbocycles. The number of rotatable bonds is 12. The molecule has 178 valence electrons. The van der Waals surface area contributed by atoms with Crippen molar-refractivity contribution < 1.29 is 19.8 Å². The summed E-state index contributed by atoms with van der Waals surface area (Å²) in [5, 5.41) is 26.3. The monoisotopic (exact) mass is 460 g/mol. The number of carbonyl (C=O) groups excluding carboxylic acids is 2. The van der Waals surface area contributed by atoms with Crippen LogP contribution in [0.4, 0.5) is 0 Å². The van der Waals surface area contributed by atoms with Gasteiger partial charge in [-0.05, 0) is 54.2 Å². The van der Waals surface area contributed by atoms with E-state index in [0.29, 0.717) is 31.4 Å². The van der Waals surface area contributed by atoms with Crippen LogP contribution in [0.1, 0.15) is 45.6 Å². The fraction of sp³-hybridized carbons (Fsp3) is 0.286. The highest BCUT2D eigenvalue weighted by Gasteiger charge is 2.13. The van der Waals surface area contributed by atoms with E-state index in [4.69, 9.17) is 0 Å². The van der Waals surface area contributed by atoms with Crippen molar-refractivity contribution in [2.24, 2.45) is 0 Å². The molecule has 0 bridgehead atoms. The molecule has 0 fully saturated rings. The second-order valence-corrected chi connectivity index (χ2v) is 8.55. The van der Waals surface area contributed by atoms with Crippen LogP contribution in [0.2, 0.25) is 0 Å². The highest BCUT2D eigenvalue weighted by Crippen LogP contribution is 2.21. The molecule has 3 rings (SSSR count). The average molecular weight is 461 g/mol. The number of phenolic OH excluding ortho intramolecular Hbond substituents is 1. The molecule has 3 aromatic carbocycles. The second kappa shape index (κ2) is 12.7. The minimum atomic E-state index is -0.798. The third-order valence-corrected chi connectivity index (χ3v) is 5.70. The Morgan fingerprint density at radius 1 is 0.971 bits per heavy atom. The number of nitrogens with one attached hydrogen (secondary N) is 2. The number of benzene rings is 3. The van der Waals surface area contributed by atoms with E-state index in [0.717, 1.165) is 24.0 Å². The standard InChI is InChI=1S/C28H32N2O4/c1-20(30-18-27(33)24-10-11-26(32)25(17-24)19-31)14-22-8-5-9-23(15-22)16-28(34)29-13-12-21-6-3-2-4-7-21/h2-11,15,17,19-20,27,30,32-33H,12-14,16,18H2,1H3,(H,29,34)/t20-,27+/m1/s1. The zero-order chi connectivity index (χ0) is 24.3. The second-order valence-electron chi connectivity index (χ2n) is 8.55. The first-order valence-electron chi connectivity index (χ1n) is 11.5. The van der Waals surface area contributed by atoms with Crippen LogP contribution in [0.15, 0.2) is 72.8 Å². The quantitative estimate of drug-likeness (QED) is 0.311. The molecule has 0 heterocycles. The van der Waals surface area contributed by atoms with Crippen LogP contribution < -0.4 is 10.6 Å². The fourth-order valence-corrected chi connectivity index (χ4v) is 3.84. The number of amides is 1. The number of carbonyl (C=O) groups is 2. The van der Waals surface area contributed by atoms with Gasteiger partial charge < -0.3 is 20.8 Å². The van der Waals surface area contributed by atoms with E-state index in [-0.39, 0.29) is 23.3 Å². The van der Waals surface area contributed by atoms with E-state index < -0.39 is 6.10 Å². The summed E-state index contributed by atoms with van der Waals surface area (Å²) in [6, 6.07) is 22.7. The van der Waals surface area contributed by atoms with Gasteiger partial charge in [0.1, 0.15) is 5.75 Å². The number of phenols is 1. The zero-order valence-electron chi connectivity index (χ0n) is 19.4. The number of aliphatic hydroxyl groups excluding tert-OH is 1. The summed E-state index contributed by atoms with van der Waals surface area (Å²) in [5.74, 6) is -0.0944. The third kappa shape index (κ3) is 7.83. The van der Waals surface area contributed by atoms with Gasteiger partial charge in [-0.25, -0.2) is 0 Å². The molecule has 6 nitrogen and oxygen atoms in total. The minimum absolute atomic E-state index is 0.00553. The van der Waals surface area contributed by atoms with E-state index in [9.17, 15) is 19.8 Å². The number of aliphatic hydroxyl groups is 1. The summed E-state index contributed by atoms with van der Waals surface area (Å²) in [6.45, 7) is 2.96. The summed E-state index contributed by atoms with van der Waals surface area (Å²) in [6.07, 6.45) is 1.65. The maximum atomic E-state index is 12.3. The van der Waals surface area contributed by atoms with E-state index in [1.165, 1.54) is 17.7 Å². The number of hydrogen-bond donors (Lipinski definition) is 4. The molecule has 34 heavy (non-hydrogen) atoms. The highest BCUT2D eigenvalue weighted by molar-refractivity contribution is 5.79. The Morgan fingerprint density at radius 3 is 2.47 bits per heavy atom. The van der Waals surface area contributed by atoms with Crippen molar-refractivity contribution in [3.63, 3.8) is 0 Å². The summed E-state index contributed by atoms with van der Waals surface area (Å²) in [7, 11) is 0. The Bertz CT molecular complexity index is 1080. The lowest BCUT2D eigenvalue weighted by Crippen LogP contribution is -2.32. The predicted molar refractivity (Wildman–Crippen MR) is 133 cm³/mol. The molecule has 6 heteroatoms. The number of hydrogen-bond acceptors (Lipinski definition) is 5. The predicted octanol–water partition coefficient (Wildman–Crippen LogP) is 3.36. The average Bonchev–Trinajstić information content (AvgIpc) is 2.83. The van der Waals surface area contributed by atoms with Crippen LogP contribution in [-0.4, -0.2) is 41.5 Å². The van der Waals surface area contributed by atoms with Crippen molar-refractivity contribution >= 4 is 12.2 Å². The van der Waals surface area contributed by atoms with Gasteiger partial charge in [-0.3, -0.25) is 9.59 Å². The first-order valence-corrected chi connectivity index (χ1v) is 11.5. The fourth-order valence-electron chi connectivity index (χ4n) is 3.84. The molecule has 0 aliphatic rings. The van der Waals surface area contributed by atoms with Crippen molar-refractivity contribution in [1.82, 2.24) is 10.6 Å². The van der Waals surface area contributed by atoms with E-state index >= 15 is 0 Å². The molecule has 0 aromatic heterocycles. The van der Waals surface area contributed by atoms with Gasteiger partial charge >= 0.3 is 0 Å². The molecular weight excluding hydrogens is 428 g/mol. The molecule has 0 unspecified atom stereocenters.